The molecule has 0 bridgehead atoms. The number of carbonyl (C=O) groups is 1. The van der Waals surface area contributed by atoms with E-state index in [9.17, 15) is 18.0 Å². The van der Waals surface area contributed by atoms with E-state index in [2.05, 4.69) is 4.99 Å². The van der Waals surface area contributed by atoms with E-state index in [4.69, 9.17) is 4.74 Å². The summed E-state index contributed by atoms with van der Waals surface area (Å²) in [6, 6.07) is 4.62. The summed E-state index contributed by atoms with van der Waals surface area (Å²) in [5.74, 6) is -1.85. The van der Waals surface area contributed by atoms with E-state index >= 15 is 0 Å². The van der Waals surface area contributed by atoms with Gasteiger partial charge in [0.05, 0.1) is 6.61 Å². The van der Waals surface area contributed by atoms with Gasteiger partial charge in [-0.3, -0.25) is 4.79 Å². The van der Waals surface area contributed by atoms with Crippen molar-refractivity contribution < 1.29 is 22.7 Å². The molecule has 1 aromatic rings. The molecule has 0 saturated carbocycles. The van der Waals surface area contributed by atoms with Gasteiger partial charge in [-0.25, -0.2) is 0 Å². The average Bonchev–Trinajstić information content (AvgIpc) is 2.83. The summed E-state index contributed by atoms with van der Waals surface area (Å²) >= 11 is 0. The number of pyridine rings is 1. The minimum atomic E-state index is -4.94. The normalized spacial score (nSPS) is 20.8. The Morgan fingerprint density at radius 1 is 1.47 bits per heavy atom. The quantitative estimate of drug-likeness (QED) is 0.820. The summed E-state index contributed by atoms with van der Waals surface area (Å²) in [5.41, 5.74) is 0.0109. The van der Waals surface area contributed by atoms with Crippen molar-refractivity contribution in [3.63, 3.8) is 0 Å². The second-order valence-electron chi connectivity index (χ2n) is 4.36. The van der Waals surface area contributed by atoms with Gasteiger partial charge in [-0.15, -0.1) is 0 Å². The highest BCUT2D eigenvalue weighted by atomic mass is 19.4. The zero-order valence-corrected chi connectivity index (χ0v) is 10.1. The first-order valence-electron chi connectivity index (χ1n) is 5.86. The maximum atomic E-state index is 12.2. The van der Waals surface area contributed by atoms with Crippen molar-refractivity contribution in [2.24, 2.45) is 10.9 Å². The van der Waals surface area contributed by atoms with Crippen molar-refractivity contribution in [1.29, 1.82) is 0 Å². The highest BCUT2D eigenvalue weighted by Gasteiger charge is 2.38. The number of nitrogens with zero attached hydrogens (tertiary/aromatic N) is 2. The number of hydrogen-bond donors (Lipinski definition) is 0. The van der Waals surface area contributed by atoms with E-state index < -0.39 is 12.1 Å². The predicted octanol–water partition coefficient (Wildman–Crippen LogP) is 1.51. The minimum absolute atomic E-state index is 0.0109. The van der Waals surface area contributed by atoms with Gasteiger partial charge in [0, 0.05) is 25.3 Å². The second kappa shape index (κ2) is 5.56. The Morgan fingerprint density at radius 2 is 2.26 bits per heavy atom. The van der Waals surface area contributed by atoms with Crippen molar-refractivity contribution in [3.05, 3.63) is 29.9 Å². The van der Waals surface area contributed by atoms with Crippen molar-refractivity contribution in [2.75, 3.05) is 13.2 Å². The Bertz CT molecular complexity index is 516. The van der Waals surface area contributed by atoms with E-state index in [-0.39, 0.29) is 11.4 Å². The standard InChI is InChI=1S/C12H13F3N2O2/c13-12(14,15)11(18)16-10-3-1-2-5-17(10)7-9-4-6-19-8-9/h1-3,5,9H,4,6-8H2. The van der Waals surface area contributed by atoms with Crippen LogP contribution < -0.4 is 5.49 Å². The lowest BCUT2D eigenvalue weighted by Crippen LogP contribution is -2.29. The fourth-order valence-electron chi connectivity index (χ4n) is 1.90. The fourth-order valence-corrected chi connectivity index (χ4v) is 1.90. The van der Waals surface area contributed by atoms with Gasteiger partial charge in [0.2, 0.25) is 0 Å². The van der Waals surface area contributed by atoms with Gasteiger partial charge in [0.25, 0.3) is 0 Å². The zero-order chi connectivity index (χ0) is 13.9. The number of amides is 1. The van der Waals surface area contributed by atoms with Gasteiger partial charge in [0.1, 0.15) is 5.49 Å². The Balaban J connectivity index is 2.25. The monoisotopic (exact) mass is 274 g/mol. The molecule has 1 atom stereocenters. The van der Waals surface area contributed by atoms with Crippen LogP contribution in [0.5, 0.6) is 0 Å². The Morgan fingerprint density at radius 3 is 2.89 bits per heavy atom. The van der Waals surface area contributed by atoms with Gasteiger partial charge in [-0.2, -0.15) is 18.2 Å². The maximum Gasteiger partial charge on any atom is 0.473 e. The predicted molar refractivity (Wildman–Crippen MR) is 60.0 cm³/mol. The molecule has 104 valence electrons. The molecule has 1 amide bonds. The van der Waals surface area contributed by atoms with Crippen LogP contribution in [0, 0.1) is 5.92 Å². The molecule has 0 N–H and O–H groups in total. The third-order valence-electron chi connectivity index (χ3n) is 2.85. The number of ether oxygens (including phenoxy) is 1. The molecule has 1 unspecified atom stereocenters. The Kier molecular flexibility index (Phi) is 4.04. The summed E-state index contributed by atoms with van der Waals surface area (Å²) < 4.78 is 43.4. The van der Waals surface area contributed by atoms with Crippen LogP contribution in [0.1, 0.15) is 6.42 Å². The second-order valence-corrected chi connectivity index (χ2v) is 4.36. The molecule has 1 fully saturated rings. The molecule has 19 heavy (non-hydrogen) atoms. The molecule has 1 aliphatic heterocycles. The fraction of sp³-hybridized carbons (Fsp3) is 0.500. The SMILES string of the molecule is O=C(N=c1ccccn1CC1CCOC1)C(F)(F)F. The number of carbonyl (C=O) groups excluding carboxylic acids is 1. The summed E-state index contributed by atoms with van der Waals surface area (Å²) in [7, 11) is 0. The van der Waals surface area contributed by atoms with Crippen LogP contribution in [-0.2, 0) is 16.1 Å². The van der Waals surface area contributed by atoms with Crippen LogP contribution in [-0.4, -0.2) is 29.9 Å². The molecule has 2 heterocycles. The molecule has 1 aromatic heterocycles. The van der Waals surface area contributed by atoms with E-state index in [0.29, 0.717) is 19.8 Å². The van der Waals surface area contributed by atoms with Crippen LogP contribution in [0.4, 0.5) is 13.2 Å². The lowest BCUT2D eigenvalue weighted by Gasteiger charge is -2.11. The largest absolute Gasteiger partial charge is 0.473 e. The Hall–Kier alpha value is -1.63. The molecule has 0 aliphatic carbocycles. The zero-order valence-electron chi connectivity index (χ0n) is 10.1. The highest BCUT2D eigenvalue weighted by Crippen LogP contribution is 2.16. The average molecular weight is 274 g/mol. The van der Waals surface area contributed by atoms with Crippen LogP contribution in [0.25, 0.3) is 0 Å². The van der Waals surface area contributed by atoms with Gasteiger partial charge in [-0.1, -0.05) is 6.07 Å². The molecule has 0 radical (unpaired) electrons. The summed E-state index contributed by atoms with van der Waals surface area (Å²) in [6.07, 6.45) is -2.47. The number of aromatic nitrogens is 1. The lowest BCUT2D eigenvalue weighted by atomic mass is 10.1. The lowest BCUT2D eigenvalue weighted by molar-refractivity contribution is -0.169. The number of alkyl halides is 3. The smallest absolute Gasteiger partial charge is 0.381 e. The minimum Gasteiger partial charge on any atom is -0.381 e. The van der Waals surface area contributed by atoms with E-state index in [1.54, 1.807) is 22.9 Å². The van der Waals surface area contributed by atoms with Crippen molar-refractivity contribution >= 4 is 5.91 Å². The number of rotatable bonds is 2. The molecule has 0 aromatic carbocycles. The Labute approximate surface area is 107 Å². The topological polar surface area (TPSA) is 43.6 Å². The molecule has 2 rings (SSSR count). The molecule has 0 spiro atoms. The highest BCUT2D eigenvalue weighted by molar-refractivity contribution is 5.82. The molecule has 4 nitrogen and oxygen atoms in total. The number of hydrogen-bond acceptors (Lipinski definition) is 2. The molecule has 1 aliphatic rings. The molecule has 7 heteroatoms. The molecular weight excluding hydrogens is 261 g/mol. The van der Waals surface area contributed by atoms with Gasteiger partial charge in [0.15, 0.2) is 0 Å². The van der Waals surface area contributed by atoms with E-state index in [1.165, 1.54) is 6.07 Å². The third-order valence-corrected chi connectivity index (χ3v) is 2.85. The van der Waals surface area contributed by atoms with Crippen molar-refractivity contribution in [3.8, 4) is 0 Å². The third kappa shape index (κ3) is 3.66. The first-order valence-corrected chi connectivity index (χ1v) is 5.86. The summed E-state index contributed by atoms with van der Waals surface area (Å²) in [4.78, 5) is 14.0. The van der Waals surface area contributed by atoms with Crippen molar-refractivity contribution in [2.45, 2.75) is 19.1 Å². The van der Waals surface area contributed by atoms with E-state index in [0.717, 1.165) is 6.42 Å². The summed E-state index contributed by atoms with van der Waals surface area (Å²) in [6.45, 7) is 1.73. The summed E-state index contributed by atoms with van der Waals surface area (Å²) in [5, 5.41) is 0. The van der Waals surface area contributed by atoms with E-state index in [1.807, 2.05) is 0 Å². The maximum absolute atomic E-state index is 12.2. The van der Waals surface area contributed by atoms with Gasteiger partial charge >= 0.3 is 12.1 Å². The van der Waals surface area contributed by atoms with Crippen molar-refractivity contribution in [1.82, 2.24) is 4.57 Å². The number of halogens is 3. The van der Waals surface area contributed by atoms with Gasteiger partial charge in [-0.05, 0) is 18.6 Å². The molecular formula is C12H13F3N2O2. The first kappa shape index (κ1) is 13.8. The van der Waals surface area contributed by atoms with Crippen LogP contribution in [0.2, 0.25) is 0 Å². The van der Waals surface area contributed by atoms with Crippen LogP contribution in [0.3, 0.4) is 0 Å². The van der Waals surface area contributed by atoms with Crippen LogP contribution >= 0.6 is 0 Å². The first-order chi connectivity index (χ1) is 8.97. The molecule has 1 saturated heterocycles. The van der Waals surface area contributed by atoms with Crippen LogP contribution in [0.15, 0.2) is 29.4 Å². The van der Waals surface area contributed by atoms with Gasteiger partial charge < -0.3 is 9.30 Å².